The van der Waals surface area contributed by atoms with Crippen LogP contribution in [0, 0.1) is 10.1 Å². The van der Waals surface area contributed by atoms with Crippen LogP contribution in [0.15, 0.2) is 47.4 Å². The molecule has 1 heterocycles. The van der Waals surface area contributed by atoms with E-state index in [1.54, 1.807) is 0 Å². The fourth-order valence-electron chi connectivity index (χ4n) is 2.59. The Morgan fingerprint density at radius 1 is 1.17 bits per heavy atom. The summed E-state index contributed by atoms with van der Waals surface area (Å²) in [5.41, 5.74) is 0.710. The Hall–Kier alpha value is -2.88. The second kappa shape index (κ2) is 9.29. The van der Waals surface area contributed by atoms with Crippen molar-refractivity contribution in [2.45, 2.75) is 0 Å². The molecule has 3 rings (SSSR count). The van der Waals surface area contributed by atoms with Crippen LogP contribution < -0.4 is 5.32 Å². The van der Waals surface area contributed by atoms with Gasteiger partial charge < -0.3 is 5.32 Å². The molecule has 3 amide bonds. The zero-order valence-electron chi connectivity index (χ0n) is 15.1. The monoisotopic (exact) mass is 465 g/mol. The number of imide groups is 1. The first kappa shape index (κ1) is 21.8. The van der Waals surface area contributed by atoms with Crippen molar-refractivity contribution in [3.05, 3.63) is 78.7 Å². The fraction of sp³-hybridized carbons (Fsp3) is 0.105. The van der Waals surface area contributed by atoms with Crippen LogP contribution in [-0.4, -0.2) is 40.0 Å². The normalized spacial score (nSPS) is 15.0. The number of hydrogen-bond acceptors (Lipinski definition) is 6. The molecule has 11 heteroatoms. The first-order valence-electron chi connectivity index (χ1n) is 8.49. The average Bonchev–Trinajstić information content (AvgIpc) is 2.95. The van der Waals surface area contributed by atoms with Gasteiger partial charge in [0.1, 0.15) is 0 Å². The maximum atomic E-state index is 12.5. The molecule has 0 radical (unpaired) electrons. The van der Waals surface area contributed by atoms with E-state index in [2.05, 4.69) is 5.32 Å². The molecular formula is C19H13Cl2N3O5S. The van der Waals surface area contributed by atoms with E-state index in [0.29, 0.717) is 10.6 Å². The van der Waals surface area contributed by atoms with Crippen molar-refractivity contribution in [2.75, 3.05) is 13.1 Å². The molecule has 1 aliphatic rings. The summed E-state index contributed by atoms with van der Waals surface area (Å²) in [7, 11) is 0. The number of thioether (sulfide) groups is 1. The molecule has 0 spiro atoms. The Morgan fingerprint density at radius 2 is 1.87 bits per heavy atom. The van der Waals surface area contributed by atoms with Gasteiger partial charge in [-0.3, -0.25) is 29.4 Å². The molecular weight excluding hydrogens is 453 g/mol. The molecule has 2 aromatic rings. The van der Waals surface area contributed by atoms with E-state index < -0.39 is 22.0 Å². The van der Waals surface area contributed by atoms with Gasteiger partial charge in [0.05, 0.1) is 20.4 Å². The minimum absolute atomic E-state index is 0.0147. The highest BCUT2D eigenvalue weighted by Gasteiger charge is 2.34. The van der Waals surface area contributed by atoms with E-state index >= 15 is 0 Å². The topological polar surface area (TPSA) is 110 Å². The molecule has 0 aliphatic carbocycles. The second-order valence-electron chi connectivity index (χ2n) is 6.06. The van der Waals surface area contributed by atoms with Gasteiger partial charge in [0.25, 0.3) is 22.7 Å². The number of non-ortho nitro benzene ring substituents is 1. The highest BCUT2D eigenvalue weighted by Crippen LogP contribution is 2.32. The molecule has 1 aliphatic heterocycles. The standard InChI is InChI=1S/C19H13Cl2N3O5S/c20-12-3-6-14(15(21)10-12)17(25)22-7-8-23-18(26)16(30-19(23)27)9-11-1-4-13(5-2-11)24(28)29/h1-6,9-10H,7-8H2,(H,22,25). The number of nitro benzene ring substituents is 1. The molecule has 30 heavy (non-hydrogen) atoms. The molecule has 0 unspecified atom stereocenters. The van der Waals surface area contributed by atoms with Gasteiger partial charge in [0.15, 0.2) is 0 Å². The summed E-state index contributed by atoms with van der Waals surface area (Å²) < 4.78 is 0. The van der Waals surface area contributed by atoms with Crippen molar-refractivity contribution < 1.29 is 19.3 Å². The summed E-state index contributed by atoms with van der Waals surface area (Å²) >= 11 is 12.6. The summed E-state index contributed by atoms with van der Waals surface area (Å²) in [6.45, 7) is 0.0276. The van der Waals surface area contributed by atoms with Gasteiger partial charge >= 0.3 is 0 Å². The zero-order chi connectivity index (χ0) is 21.8. The number of halogens is 2. The number of hydrogen-bond donors (Lipinski definition) is 1. The lowest BCUT2D eigenvalue weighted by Crippen LogP contribution is -2.37. The number of amides is 3. The molecule has 0 saturated carbocycles. The summed E-state index contributed by atoms with van der Waals surface area (Å²) in [5, 5.41) is 13.4. The minimum atomic E-state index is -0.525. The molecule has 1 N–H and O–H groups in total. The minimum Gasteiger partial charge on any atom is -0.350 e. The van der Waals surface area contributed by atoms with E-state index in [-0.39, 0.29) is 34.3 Å². The fourth-order valence-corrected chi connectivity index (χ4v) is 3.95. The first-order valence-corrected chi connectivity index (χ1v) is 10.1. The van der Waals surface area contributed by atoms with Crippen molar-refractivity contribution in [3.63, 3.8) is 0 Å². The highest BCUT2D eigenvalue weighted by atomic mass is 35.5. The molecule has 0 atom stereocenters. The number of nitrogens with zero attached hydrogens (tertiary/aromatic N) is 2. The van der Waals surface area contributed by atoms with Crippen molar-refractivity contribution in [2.24, 2.45) is 0 Å². The summed E-state index contributed by atoms with van der Waals surface area (Å²) in [4.78, 5) is 48.2. The smallest absolute Gasteiger partial charge is 0.293 e. The molecule has 8 nitrogen and oxygen atoms in total. The van der Waals surface area contributed by atoms with Gasteiger partial charge in [-0.05, 0) is 53.7 Å². The maximum absolute atomic E-state index is 12.5. The Balaban J connectivity index is 1.61. The Morgan fingerprint density at radius 3 is 2.50 bits per heavy atom. The molecule has 0 aromatic heterocycles. The van der Waals surface area contributed by atoms with Gasteiger partial charge in [0, 0.05) is 30.2 Å². The lowest BCUT2D eigenvalue weighted by atomic mass is 10.2. The maximum Gasteiger partial charge on any atom is 0.293 e. The van der Waals surface area contributed by atoms with Crippen LogP contribution in [-0.2, 0) is 4.79 Å². The summed E-state index contributed by atoms with van der Waals surface area (Å²) in [5.74, 6) is -0.952. The van der Waals surface area contributed by atoms with Crippen LogP contribution in [0.25, 0.3) is 6.08 Å². The predicted molar refractivity (Wildman–Crippen MR) is 115 cm³/mol. The van der Waals surface area contributed by atoms with Crippen molar-refractivity contribution >= 4 is 63.8 Å². The number of benzene rings is 2. The second-order valence-corrected chi connectivity index (χ2v) is 7.90. The molecule has 154 valence electrons. The van der Waals surface area contributed by atoms with Crippen molar-refractivity contribution in [3.8, 4) is 0 Å². The van der Waals surface area contributed by atoms with Crippen LogP contribution in [0.3, 0.4) is 0 Å². The Bertz CT molecular complexity index is 1070. The van der Waals surface area contributed by atoms with Gasteiger partial charge in [-0.25, -0.2) is 0 Å². The quantitative estimate of drug-likeness (QED) is 0.385. The van der Waals surface area contributed by atoms with Gasteiger partial charge in [-0.2, -0.15) is 0 Å². The molecule has 1 saturated heterocycles. The van der Waals surface area contributed by atoms with E-state index in [1.807, 2.05) is 0 Å². The van der Waals surface area contributed by atoms with E-state index in [0.717, 1.165) is 16.7 Å². The van der Waals surface area contributed by atoms with E-state index in [1.165, 1.54) is 48.5 Å². The SMILES string of the molecule is O=C(NCCN1C(=O)SC(=Cc2ccc([N+](=O)[O-])cc2)C1=O)c1ccc(Cl)cc1Cl. The Labute approximate surface area is 185 Å². The predicted octanol–water partition coefficient (Wildman–Crippen LogP) is 4.37. The van der Waals surface area contributed by atoms with Gasteiger partial charge in [-0.15, -0.1) is 0 Å². The van der Waals surface area contributed by atoms with Crippen molar-refractivity contribution in [1.29, 1.82) is 0 Å². The Kier molecular flexibility index (Phi) is 6.76. The lowest BCUT2D eigenvalue weighted by molar-refractivity contribution is -0.384. The summed E-state index contributed by atoms with van der Waals surface area (Å²) in [6.07, 6.45) is 1.49. The number of nitrogens with one attached hydrogen (secondary N) is 1. The first-order chi connectivity index (χ1) is 14.3. The molecule has 0 bridgehead atoms. The van der Waals surface area contributed by atoms with Crippen LogP contribution >= 0.6 is 35.0 Å². The van der Waals surface area contributed by atoms with E-state index in [9.17, 15) is 24.5 Å². The van der Waals surface area contributed by atoms with Crippen LogP contribution in [0.5, 0.6) is 0 Å². The number of rotatable bonds is 6. The lowest BCUT2D eigenvalue weighted by Gasteiger charge is -2.13. The van der Waals surface area contributed by atoms with Crippen LogP contribution in [0.1, 0.15) is 15.9 Å². The van der Waals surface area contributed by atoms with Crippen molar-refractivity contribution in [1.82, 2.24) is 10.2 Å². The van der Waals surface area contributed by atoms with E-state index in [4.69, 9.17) is 23.2 Å². The number of carbonyl (C=O) groups excluding carboxylic acids is 3. The van der Waals surface area contributed by atoms with Gasteiger partial charge in [-0.1, -0.05) is 23.2 Å². The molecule has 1 fully saturated rings. The third-order valence-electron chi connectivity index (χ3n) is 4.07. The number of nitro groups is 1. The summed E-state index contributed by atoms with van der Waals surface area (Å²) in [6, 6.07) is 10.1. The third kappa shape index (κ3) is 4.99. The molecule has 2 aromatic carbocycles. The van der Waals surface area contributed by atoms with Crippen LogP contribution in [0.2, 0.25) is 10.0 Å². The largest absolute Gasteiger partial charge is 0.350 e. The van der Waals surface area contributed by atoms with Crippen LogP contribution in [0.4, 0.5) is 10.5 Å². The number of carbonyl (C=O) groups is 3. The zero-order valence-corrected chi connectivity index (χ0v) is 17.5. The highest BCUT2D eigenvalue weighted by molar-refractivity contribution is 8.18. The average molecular weight is 466 g/mol. The third-order valence-corrected chi connectivity index (χ3v) is 5.53. The van der Waals surface area contributed by atoms with Gasteiger partial charge in [0.2, 0.25) is 0 Å².